The molecule has 0 fully saturated rings. The zero-order chi connectivity index (χ0) is 15.4. The quantitative estimate of drug-likeness (QED) is 0.910. The molecule has 3 rings (SSSR count). The third-order valence-corrected chi connectivity index (χ3v) is 3.68. The number of fused-ring (bicyclic) bond motifs is 1. The number of benzene rings is 1. The number of nitrogens with zero attached hydrogens (tertiary/aromatic N) is 1. The number of aryl methyl sites for hydroxylation is 1. The maximum Gasteiger partial charge on any atom is 0.262 e. The van der Waals surface area contributed by atoms with Gasteiger partial charge >= 0.3 is 0 Å². The molecule has 1 aliphatic rings. The highest BCUT2D eigenvalue weighted by Gasteiger charge is 2.15. The van der Waals surface area contributed by atoms with Crippen LogP contribution in [0.2, 0.25) is 0 Å². The minimum Gasteiger partial charge on any atom is -0.508 e. The Labute approximate surface area is 129 Å². The topological polar surface area (TPSA) is 71.5 Å². The number of aromatic nitrogens is 1. The molecule has 0 spiro atoms. The minimum atomic E-state index is -0.257. The molecule has 5 heteroatoms. The Morgan fingerprint density at radius 2 is 2.14 bits per heavy atom. The van der Waals surface area contributed by atoms with Gasteiger partial charge in [-0.2, -0.15) is 0 Å². The van der Waals surface area contributed by atoms with E-state index in [1.165, 1.54) is 6.07 Å². The van der Waals surface area contributed by atoms with Gasteiger partial charge in [0.05, 0.1) is 0 Å². The van der Waals surface area contributed by atoms with Gasteiger partial charge in [0.1, 0.15) is 11.5 Å². The number of anilines is 1. The van der Waals surface area contributed by atoms with E-state index in [9.17, 15) is 9.90 Å². The average Bonchev–Trinajstić information content (AvgIpc) is 2.53. The number of amides is 1. The van der Waals surface area contributed by atoms with Crippen LogP contribution in [0.25, 0.3) is 0 Å². The molecule has 0 aliphatic heterocycles. The standard InChI is InChI=1S/C17H18N2O3/c20-13-5-3-4-12(10-13)19-17(21)11-22-16-8-9-18-15-7-2-1-6-14(15)16/h3-5,8-10,20H,1-2,6-7,11H2,(H,19,21). The number of rotatable bonds is 4. The summed E-state index contributed by atoms with van der Waals surface area (Å²) in [5.41, 5.74) is 2.75. The Morgan fingerprint density at radius 1 is 1.27 bits per heavy atom. The molecule has 114 valence electrons. The SMILES string of the molecule is O=C(COc1ccnc2c1CCCC2)Nc1cccc(O)c1. The van der Waals surface area contributed by atoms with E-state index in [0.29, 0.717) is 5.69 Å². The molecule has 5 nitrogen and oxygen atoms in total. The van der Waals surface area contributed by atoms with E-state index >= 15 is 0 Å². The van der Waals surface area contributed by atoms with Gasteiger partial charge in [0.15, 0.2) is 6.61 Å². The molecule has 0 bridgehead atoms. The average molecular weight is 298 g/mol. The van der Waals surface area contributed by atoms with Crippen LogP contribution in [0.4, 0.5) is 5.69 Å². The number of hydrogen-bond donors (Lipinski definition) is 2. The van der Waals surface area contributed by atoms with Crippen LogP contribution in [0, 0.1) is 0 Å². The highest BCUT2D eigenvalue weighted by Crippen LogP contribution is 2.27. The van der Waals surface area contributed by atoms with Gasteiger partial charge in [-0.25, -0.2) is 0 Å². The Balaban J connectivity index is 1.62. The van der Waals surface area contributed by atoms with Crippen LogP contribution in [0.3, 0.4) is 0 Å². The van der Waals surface area contributed by atoms with Crippen molar-refractivity contribution < 1.29 is 14.6 Å². The van der Waals surface area contributed by atoms with E-state index in [0.717, 1.165) is 42.7 Å². The summed E-state index contributed by atoms with van der Waals surface area (Å²) < 4.78 is 5.65. The number of aromatic hydroxyl groups is 1. The lowest BCUT2D eigenvalue weighted by molar-refractivity contribution is -0.118. The Kier molecular flexibility index (Phi) is 4.23. The lowest BCUT2D eigenvalue weighted by atomic mass is 9.95. The second kappa shape index (κ2) is 6.47. The van der Waals surface area contributed by atoms with Crippen molar-refractivity contribution >= 4 is 11.6 Å². The molecule has 1 heterocycles. The minimum absolute atomic E-state index is 0.0634. The second-order valence-electron chi connectivity index (χ2n) is 5.33. The van der Waals surface area contributed by atoms with Crippen LogP contribution >= 0.6 is 0 Å². The molecule has 0 atom stereocenters. The molecule has 0 unspecified atom stereocenters. The third kappa shape index (κ3) is 3.36. The van der Waals surface area contributed by atoms with Crippen LogP contribution in [-0.2, 0) is 17.6 Å². The van der Waals surface area contributed by atoms with E-state index in [4.69, 9.17) is 4.74 Å². The summed E-state index contributed by atoms with van der Waals surface area (Å²) in [5.74, 6) is 0.602. The zero-order valence-electron chi connectivity index (χ0n) is 12.2. The zero-order valence-corrected chi connectivity index (χ0v) is 12.2. The Morgan fingerprint density at radius 3 is 3.00 bits per heavy atom. The molecule has 1 aromatic heterocycles. The van der Waals surface area contributed by atoms with Crippen molar-refractivity contribution in [2.24, 2.45) is 0 Å². The monoisotopic (exact) mass is 298 g/mol. The fraction of sp³-hybridized carbons (Fsp3) is 0.294. The van der Waals surface area contributed by atoms with Crippen LogP contribution in [0.5, 0.6) is 11.5 Å². The molecular weight excluding hydrogens is 280 g/mol. The van der Waals surface area contributed by atoms with Gasteiger partial charge < -0.3 is 15.2 Å². The summed E-state index contributed by atoms with van der Waals surface area (Å²) >= 11 is 0. The molecule has 0 saturated heterocycles. The van der Waals surface area contributed by atoms with Crippen LogP contribution in [0.1, 0.15) is 24.1 Å². The van der Waals surface area contributed by atoms with Gasteiger partial charge in [-0.15, -0.1) is 0 Å². The molecule has 1 amide bonds. The van der Waals surface area contributed by atoms with Gasteiger partial charge in [0, 0.05) is 29.2 Å². The molecule has 2 N–H and O–H groups in total. The fourth-order valence-electron chi connectivity index (χ4n) is 2.65. The van der Waals surface area contributed by atoms with Crippen LogP contribution in [0.15, 0.2) is 36.5 Å². The van der Waals surface area contributed by atoms with Crippen molar-refractivity contribution in [3.8, 4) is 11.5 Å². The van der Waals surface area contributed by atoms with Gasteiger partial charge in [0.2, 0.25) is 0 Å². The number of phenols is 1. The molecule has 2 aromatic rings. The van der Waals surface area contributed by atoms with Crippen molar-refractivity contribution in [2.75, 3.05) is 11.9 Å². The Hall–Kier alpha value is -2.56. The van der Waals surface area contributed by atoms with E-state index in [1.807, 2.05) is 6.07 Å². The smallest absolute Gasteiger partial charge is 0.262 e. The first-order chi connectivity index (χ1) is 10.7. The molecule has 1 aromatic carbocycles. The van der Waals surface area contributed by atoms with Crippen LogP contribution in [-0.4, -0.2) is 22.6 Å². The summed E-state index contributed by atoms with van der Waals surface area (Å²) in [4.78, 5) is 16.3. The van der Waals surface area contributed by atoms with Gasteiger partial charge in [-0.05, 0) is 43.9 Å². The number of ether oxygens (including phenoxy) is 1. The van der Waals surface area contributed by atoms with E-state index in [2.05, 4.69) is 10.3 Å². The summed E-state index contributed by atoms with van der Waals surface area (Å²) in [7, 11) is 0. The number of hydrogen-bond acceptors (Lipinski definition) is 4. The largest absolute Gasteiger partial charge is 0.508 e. The van der Waals surface area contributed by atoms with Gasteiger partial charge in [0.25, 0.3) is 5.91 Å². The summed E-state index contributed by atoms with van der Waals surface area (Å²) in [6, 6.07) is 8.24. The summed E-state index contributed by atoms with van der Waals surface area (Å²) in [6.07, 6.45) is 5.94. The number of pyridine rings is 1. The Bertz CT molecular complexity index is 685. The van der Waals surface area contributed by atoms with Crippen LogP contribution < -0.4 is 10.1 Å². The summed E-state index contributed by atoms with van der Waals surface area (Å²) in [6.45, 7) is -0.0634. The molecule has 0 radical (unpaired) electrons. The van der Waals surface area contributed by atoms with Crippen molar-refractivity contribution in [1.82, 2.24) is 4.98 Å². The highest BCUT2D eigenvalue weighted by atomic mass is 16.5. The van der Waals surface area contributed by atoms with Crippen molar-refractivity contribution in [1.29, 1.82) is 0 Å². The normalized spacial score (nSPS) is 13.3. The van der Waals surface area contributed by atoms with Crippen molar-refractivity contribution in [3.05, 3.63) is 47.8 Å². The fourth-order valence-corrected chi connectivity index (χ4v) is 2.65. The highest BCUT2D eigenvalue weighted by molar-refractivity contribution is 5.92. The van der Waals surface area contributed by atoms with Crippen molar-refractivity contribution in [2.45, 2.75) is 25.7 Å². The predicted molar refractivity (Wildman–Crippen MR) is 83.1 cm³/mol. The number of carbonyl (C=O) groups excluding carboxylic acids is 1. The van der Waals surface area contributed by atoms with Gasteiger partial charge in [-0.1, -0.05) is 6.07 Å². The molecular formula is C17H18N2O3. The van der Waals surface area contributed by atoms with Gasteiger partial charge in [-0.3, -0.25) is 9.78 Å². The molecule has 1 aliphatic carbocycles. The molecule has 0 saturated carbocycles. The third-order valence-electron chi connectivity index (χ3n) is 3.68. The van der Waals surface area contributed by atoms with E-state index in [-0.39, 0.29) is 18.3 Å². The maximum atomic E-state index is 11.9. The van der Waals surface area contributed by atoms with E-state index < -0.39 is 0 Å². The summed E-state index contributed by atoms with van der Waals surface area (Å²) in [5, 5.41) is 12.1. The number of phenolic OH excluding ortho intramolecular Hbond substituents is 1. The first-order valence-electron chi connectivity index (χ1n) is 7.41. The number of nitrogens with one attached hydrogen (secondary N) is 1. The second-order valence-corrected chi connectivity index (χ2v) is 5.33. The first-order valence-corrected chi connectivity index (χ1v) is 7.41. The van der Waals surface area contributed by atoms with E-state index in [1.54, 1.807) is 24.4 Å². The lowest BCUT2D eigenvalue weighted by Gasteiger charge is -2.18. The van der Waals surface area contributed by atoms with Crippen molar-refractivity contribution in [3.63, 3.8) is 0 Å². The lowest BCUT2D eigenvalue weighted by Crippen LogP contribution is -2.21. The number of carbonyl (C=O) groups is 1. The molecule has 22 heavy (non-hydrogen) atoms. The maximum absolute atomic E-state index is 11.9. The first kappa shape index (κ1) is 14.4. The predicted octanol–water partition coefficient (Wildman–Crippen LogP) is 2.68.